The van der Waals surface area contributed by atoms with Crippen LogP contribution in [-0.2, 0) is 9.59 Å². The Bertz CT molecular complexity index is 1250. The number of amides is 3. The molecule has 1 fully saturated rings. The fourth-order valence-corrected chi connectivity index (χ4v) is 4.32. The summed E-state index contributed by atoms with van der Waals surface area (Å²) in [5.74, 6) is -1.54. The second-order valence-corrected chi connectivity index (χ2v) is 8.25. The fraction of sp³-hybridized carbons (Fsp3) is 0.222. The Balaban J connectivity index is 1.63. The lowest BCUT2D eigenvalue weighted by Gasteiger charge is -2.40. The van der Waals surface area contributed by atoms with E-state index in [-0.39, 0.29) is 24.3 Å². The largest absolute Gasteiger partial charge is 0.497 e. The number of carbonyl (C=O) groups is 3. The molecular formula is C27H26FN3O5. The summed E-state index contributed by atoms with van der Waals surface area (Å²) in [7, 11) is 3.11. The molecule has 2 unspecified atom stereocenters. The van der Waals surface area contributed by atoms with Crippen LogP contribution in [0.4, 0.5) is 10.1 Å². The van der Waals surface area contributed by atoms with Crippen molar-refractivity contribution in [3.8, 4) is 11.5 Å². The first kappa shape index (κ1) is 24.7. The molecule has 0 aromatic heterocycles. The van der Waals surface area contributed by atoms with E-state index in [1.54, 1.807) is 67.7 Å². The molecule has 3 amide bonds. The molecule has 0 aliphatic carbocycles. The highest BCUT2D eigenvalue weighted by atomic mass is 19.1. The van der Waals surface area contributed by atoms with Crippen molar-refractivity contribution in [1.29, 1.82) is 0 Å². The third-order valence-corrected chi connectivity index (χ3v) is 6.16. The smallest absolute Gasteiger partial charge is 0.272 e. The van der Waals surface area contributed by atoms with Crippen LogP contribution in [0.15, 0.2) is 72.8 Å². The molecule has 36 heavy (non-hydrogen) atoms. The Labute approximate surface area is 208 Å². The van der Waals surface area contributed by atoms with E-state index in [2.05, 4.69) is 10.9 Å². The van der Waals surface area contributed by atoms with Crippen LogP contribution in [0, 0.1) is 11.7 Å². The number of ether oxygens (including phenoxy) is 2. The summed E-state index contributed by atoms with van der Waals surface area (Å²) in [5.41, 5.74) is 5.84. The van der Waals surface area contributed by atoms with Gasteiger partial charge in [0.15, 0.2) is 0 Å². The zero-order valence-corrected chi connectivity index (χ0v) is 19.9. The van der Waals surface area contributed by atoms with Crippen molar-refractivity contribution < 1.29 is 28.2 Å². The lowest BCUT2D eigenvalue weighted by Crippen LogP contribution is -2.52. The average Bonchev–Trinajstić information content (AvgIpc) is 2.91. The highest BCUT2D eigenvalue weighted by molar-refractivity contribution is 5.99. The third kappa shape index (κ3) is 5.14. The molecule has 4 rings (SSSR count). The topological polar surface area (TPSA) is 97.0 Å². The number of hydrazine groups is 1. The SMILES string of the molecule is COc1ccc(C2C(C(=O)NNC(=O)c3ccccc3F)CCC(=O)N2c2ccc(OC)cc2)cc1. The molecule has 0 bridgehead atoms. The number of nitrogens with one attached hydrogen (secondary N) is 2. The van der Waals surface area contributed by atoms with Crippen molar-refractivity contribution in [1.82, 2.24) is 10.9 Å². The summed E-state index contributed by atoms with van der Waals surface area (Å²) in [4.78, 5) is 40.5. The van der Waals surface area contributed by atoms with Gasteiger partial charge in [0.05, 0.1) is 31.7 Å². The highest BCUT2D eigenvalue weighted by Crippen LogP contribution is 2.40. The summed E-state index contributed by atoms with van der Waals surface area (Å²) in [6.07, 6.45) is 0.404. The molecule has 1 saturated heterocycles. The lowest BCUT2D eigenvalue weighted by atomic mass is 9.83. The molecular weight excluding hydrogens is 465 g/mol. The van der Waals surface area contributed by atoms with Crippen LogP contribution in [-0.4, -0.2) is 31.9 Å². The summed E-state index contributed by atoms with van der Waals surface area (Å²) in [6.45, 7) is 0. The van der Waals surface area contributed by atoms with Crippen molar-refractivity contribution in [3.63, 3.8) is 0 Å². The van der Waals surface area contributed by atoms with Crippen LogP contribution in [0.3, 0.4) is 0 Å². The Kier molecular flexibility index (Phi) is 7.48. The van der Waals surface area contributed by atoms with Crippen LogP contribution < -0.4 is 25.2 Å². The number of nitrogens with zero attached hydrogens (tertiary/aromatic N) is 1. The van der Waals surface area contributed by atoms with Gasteiger partial charge in [-0.1, -0.05) is 24.3 Å². The number of rotatable bonds is 6. The van der Waals surface area contributed by atoms with E-state index in [1.807, 2.05) is 0 Å². The van der Waals surface area contributed by atoms with E-state index >= 15 is 0 Å². The molecule has 8 nitrogen and oxygen atoms in total. The van der Waals surface area contributed by atoms with E-state index in [9.17, 15) is 18.8 Å². The van der Waals surface area contributed by atoms with Crippen molar-refractivity contribution in [3.05, 3.63) is 89.7 Å². The second-order valence-electron chi connectivity index (χ2n) is 8.25. The normalized spacial score (nSPS) is 17.3. The van der Waals surface area contributed by atoms with Gasteiger partial charge in [0, 0.05) is 12.1 Å². The molecule has 2 N–H and O–H groups in total. The minimum Gasteiger partial charge on any atom is -0.497 e. The van der Waals surface area contributed by atoms with Crippen LogP contribution >= 0.6 is 0 Å². The molecule has 1 heterocycles. The van der Waals surface area contributed by atoms with Crippen molar-refractivity contribution in [2.24, 2.45) is 5.92 Å². The molecule has 9 heteroatoms. The van der Waals surface area contributed by atoms with Crippen LogP contribution in [0.5, 0.6) is 11.5 Å². The van der Waals surface area contributed by atoms with Gasteiger partial charge >= 0.3 is 0 Å². The maximum absolute atomic E-state index is 14.0. The first-order valence-electron chi connectivity index (χ1n) is 11.4. The Morgan fingerprint density at radius 1 is 0.889 bits per heavy atom. The minimum absolute atomic E-state index is 0.137. The molecule has 2 atom stereocenters. The van der Waals surface area contributed by atoms with Gasteiger partial charge in [-0.2, -0.15) is 0 Å². The standard InChI is InChI=1S/C27H26FN3O5/c1-35-19-11-7-17(8-12-19)25-22(27(34)30-29-26(33)21-5-3-4-6-23(21)28)15-16-24(32)31(25)18-9-13-20(36-2)14-10-18/h3-14,22,25H,15-16H2,1-2H3,(H,29,33)(H,30,34). The van der Waals surface area contributed by atoms with E-state index < -0.39 is 29.6 Å². The maximum atomic E-state index is 14.0. The van der Waals surface area contributed by atoms with Gasteiger partial charge in [-0.15, -0.1) is 0 Å². The van der Waals surface area contributed by atoms with Crippen molar-refractivity contribution in [2.75, 3.05) is 19.1 Å². The molecule has 0 spiro atoms. The van der Waals surface area contributed by atoms with Crippen molar-refractivity contribution in [2.45, 2.75) is 18.9 Å². The second kappa shape index (κ2) is 10.9. The molecule has 0 saturated carbocycles. The number of hydrogen-bond acceptors (Lipinski definition) is 5. The lowest BCUT2D eigenvalue weighted by molar-refractivity contribution is -0.130. The Morgan fingerprint density at radius 3 is 2.11 bits per heavy atom. The van der Waals surface area contributed by atoms with Gasteiger partial charge in [-0.25, -0.2) is 4.39 Å². The highest BCUT2D eigenvalue weighted by Gasteiger charge is 2.41. The van der Waals surface area contributed by atoms with Gasteiger partial charge in [0.25, 0.3) is 5.91 Å². The van der Waals surface area contributed by atoms with Crippen LogP contribution in [0.1, 0.15) is 34.8 Å². The summed E-state index contributed by atoms with van der Waals surface area (Å²) >= 11 is 0. The number of piperidine rings is 1. The first-order valence-corrected chi connectivity index (χ1v) is 11.4. The molecule has 186 valence electrons. The number of anilines is 1. The van der Waals surface area contributed by atoms with Crippen LogP contribution in [0.2, 0.25) is 0 Å². The summed E-state index contributed by atoms with van der Waals surface area (Å²) < 4.78 is 24.4. The number of carbonyl (C=O) groups excluding carboxylic acids is 3. The zero-order chi connectivity index (χ0) is 25.7. The quantitative estimate of drug-likeness (QED) is 0.512. The van der Waals surface area contributed by atoms with Crippen molar-refractivity contribution >= 4 is 23.4 Å². The zero-order valence-electron chi connectivity index (χ0n) is 19.9. The van der Waals surface area contributed by atoms with E-state index in [0.29, 0.717) is 17.2 Å². The van der Waals surface area contributed by atoms with Crippen LogP contribution in [0.25, 0.3) is 0 Å². The van der Waals surface area contributed by atoms with E-state index in [4.69, 9.17) is 9.47 Å². The molecule has 1 aliphatic rings. The monoisotopic (exact) mass is 491 g/mol. The predicted molar refractivity (Wildman–Crippen MR) is 131 cm³/mol. The maximum Gasteiger partial charge on any atom is 0.272 e. The Hall–Kier alpha value is -4.40. The van der Waals surface area contributed by atoms with Gasteiger partial charge in [-0.3, -0.25) is 25.2 Å². The number of benzene rings is 3. The summed E-state index contributed by atoms with van der Waals surface area (Å²) in [6, 6.07) is 18.9. The van der Waals surface area contributed by atoms with Gasteiger partial charge < -0.3 is 14.4 Å². The molecule has 3 aromatic rings. The van der Waals surface area contributed by atoms with Gasteiger partial charge in [-0.05, 0) is 60.5 Å². The summed E-state index contributed by atoms with van der Waals surface area (Å²) in [5, 5.41) is 0. The number of halogens is 1. The van der Waals surface area contributed by atoms with Gasteiger partial charge in [0.2, 0.25) is 11.8 Å². The Morgan fingerprint density at radius 2 is 1.50 bits per heavy atom. The minimum atomic E-state index is -0.777. The predicted octanol–water partition coefficient (Wildman–Crippen LogP) is 3.79. The number of methoxy groups -OCH3 is 2. The van der Waals surface area contributed by atoms with Gasteiger partial charge in [0.1, 0.15) is 17.3 Å². The fourth-order valence-electron chi connectivity index (χ4n) is 4.32. The third-order valence-electron chi connectivity index (χ3n) is 6.16. The first-order chi connectivity index (χ1) is 17.4. The number of hydrogen-bond donors (Lipinski definition) is 2. The molecule has 0 radical (unpaired) electrons. The van der Waals surface area contributed by atoms with E-state index in [1.165, 1.54) is 18.2 Å². The van der Waals surface area contributed by atoms with E-state index in [0.717, 1.165) is 11.6 Å². The average molecular weight is 492 g/mol. The molecule has 3 aromatic carbocycles. The molecule has 1 aliphatic heterocycles.